The summed E-state index contributed by atoms with van der Waals surface area (Å²) in [6.45, 7) is 6.73. The molecule has 0 radical (unpaired) electrons. The lowest BCUT2D eigenvalue weighted by Gasteiger charge is -2.23. The van der Waals surface area contributed by atoms with Crippen LogP contribution in [0, 0.1) is 0 Å². The largest absolute Gasteiger partial charge is 0.507 e. The molecule has 1 amide bonds. The molecule has 29 heavy (non-hydrogen) atoms. The van der Waals surface area contributed by atoms with E-state index in [0.717, 1.165) is 12.0 Å². The number of nitrogens with zero attached hydrogens (tertiary/aromatic N) is 1. The molecule has 1 aromatic carbocycles. The fourth-order valence-corrected chi connectivity index (χ4v) is 3.46. The number of carbonyl (C=O) groups excluding carboxylic acids is 2. The highest BCUT2D eigenvalue weighted by molar-refractivity contribution is 6.46. The number of amides is 1. The minimum absolute atomic E-state index is 0.0546. The average Bonchev–Trinajstić information content (AvgIpc) is 3.32. The second-order valence-electron chi connectivity index (χ2n) is 7.33. The van der Waals surface area contributed by atoms with Crippen LogP contribution in [0.25, 0.3) is 5.76 Å². The van der Waals surface area contributed by atoms with Crippen LogP contribution in [-0.2, 0) is 20.7 Å². The molecule has 0 aliphatic carbocycles. The lowest BCUT2D eigenvalue weighted by atomic mass is 9.98. The highest BCUT2D eigenvalue weighted by Crippen LogP contribution is 2.39. The highest BCUT2D eigenvalue weighted by atomic mass is 16.5. The number of rotatable bonds is 8. The Balaban J connectivity index is 1.95. The molecule has 1 saturated heterocycles. The molecule has 6 nitrogen and oxygen atoms in total. The summed E-state index contributed by atoms with van der Waals surface area (Å²) in [5.74, 6) is -1.08. The number of hydrogen-bond acceptors (Lipinski definition) is 5. The van der Waals surface area contributed by atoms with Gasteiger partial charge in [-0.25, -0.2) is 0 Å². The van der Waals surface area contributed by atoms with E-state index in [9.17, 15) is 14.7 Å². The van der Waals surface area contributed by atoms with Crippen LogP contribution in [-0.4, -0.2) is 41.0 Å². The standard InChI is InChI=1S/C23H27NO5/c1-4-16-8-10-17(11-9-16)21(25)19-20(18-7-5-13-29-18)24(23(27)22(19)26)12-6-14-28-15(2)3/h5,7-11,13,15,20,25H,4,6,12,14H2,1-3H3/b21-19-. The molecule has 1 aromatic heterocycles. The summed E-state index contributed by atoms with van der Waals surface area (Å²) in [4.78, 5) is 27.0. The van der Waals surface area contributed by atoms with E-state index in [0.29, 0.717) is 30.9 Å². The number of aliphatic hydroxyl groups is 1. The van der Waals surface area contributed by atoms with Gasteiger partial charge in [-0.05, 0) is 44.4 Å². The first-order valence-corrected chi connectivity index (χ1v) is 9.96. The van der Waals surface area contributed by atoms with Crippen LogP contribution in [0.1, 0.15) is 50.1 Å². The normalized spacial score (nSPS) is 18.8. The molecule has 1 atom stereocenters. The molecule has 1 aliphatic heterocycles. The number of furan rings is 1. The van der Waals surface area contributed by atoms with Crippen molar-refractivity contribution in [1.29, 1.82) is 0 Å². The zero-order chi connectivity index (χ0) is 21.0. The van der Waals surface area contributed by atoms with Gasteiger partial charge in [0.1, 0.15) is 17.6 Å². The van der Waals surface area contributed by atoms with Gasteiger partial charge in [0.15, 0.2) is 0 Å². The fourth-order valence-electron chi connectivity index (χ4n) is 3.46. The molecule has 2 aromatic rings. The Morgan fingerprint density at radius 1 is 1.21 bits per heavy atom. The van der Waals surface area contributed by atoms with E-state index < -0.39 is 17.7 Å². The van der Waals surface area contributed by atoms with Gasteiger partial charge in [0.05, 0.1) is 17.9 Å². The molecule has 3 rings (SSSR count). The average molecular weight is 397 g/mol. The van der Waals surface area contributed by atoms with Gasteiger partial charge in [0.2, 0.25) is 0 Å². The Morgan fingerprint density at radius 2 is 1.93 bits per heavy atom. The van der Waals surface area contributed by atoms with Crippen molar-refractivity contribution in [3.05, 3.63) is 65.1 Å². The number of aryl methyl sites for hydroxylation is 1. The second-order valence-corrected chi connectivity index (χ2v) is 7.33. The van der Waals surface area contributed by atoms with Crippen molar-refractivity contribution in [2.75, 3.05) is 13.2 Å². The SMILES string of the molecule is CCc1ccc(/C(O)=C2/C(=O)C(=O)N(CCCOC(C)C)C2c2ccco2)cc1. The molecule has 0 bridgehead atoms. The molecule has 0 spiro atoms. The summed E-state index contributed by atoms with van der Waals surface area (Å²) in [5, 5.41) is 10.9. The van der Waals surface area contributed by atoms with Gasteiger partial charge in [-0.15, -0.1) is 0 Å². The van der Waals surface area contributed by atoms with Crippen molar-refractivity contribution >= 4 is 17.4 Å². The van der Waals surface area contributed by atoms with Crippen molar-refractivity contribution in [2.24, 2.45) is 0 Å². The zero-order valence-electron chi connectivity index (χ0n) is 17.1. The van der Waals surface area contributed by atoms with Crippen LogP contribution in [0.3, 0.4) is 0 Å². The van der Waals surface area contributed by atoms with Crippen molar-refractivity contribution < 1.29 is 23.8 Å². The van der Waals surface area contributed by atoms with E-state index in [-0.39, 0.29) is 17.4 Å². The lowest BCUT2D eigenvalue weighted by molar-refractivity contribution is -0.140. The fraction of sp³-hybridized carbons (Fsp3) is 0.391. The third kappa shape index (κ3) is 4.43. The Hall–Kier alpha value is -2.86. The molecule has 1 N–H and O–H groups in total. The number of ketones is 1. The third-order valence-corrected chi connectivity index (χ3v) is 4.98. The van der Waals surface area contributed by atoms with E-state index in [2.05, 4.69) is 0 Å². The summed E-state index contributed by atoms with van der Waals surface area (Å²) in [6, 6.07) is 9.98. The molecule has 154 valence electrons. The number of Topliss-reactive ketones (excluding diaryl/α,β-unsaturated/α-hetero) is 1. The van der Waals surface area contributed by atoms with Crippen LogP contribution < -0.4 is 0 Å². The molecule has 1 aliphatic rings. The highest BCUT2D eigenvalue weighted by Gasteiger charge is 2.47. The maximum absolute atomic E-state index is 12.8. The Kier molecular flexibility index (Phi) is 6.54. The summed E-state index contributed by atoms with van der Waals surface area (Å²) in [7, 11) is 0. The van der Waals surface area contributed by atoms with Crippen LogP contribution in [0.15, 0.2) is 52.7 Å². The van der Waals surface area contributed by atoms with Crippen LogP contribution >= 0.6 is 0 Å². The van der Waals surface area contributed by atoms with Crippen molar-refractivity contribution in [2.45, 2.75) is 45.8 Å². The Labute approximate surface area is 170 Å². The lowest BCUT2D eigenvalue weighted by Crippen LogP contribution is -2.31. The van der Waals surface area contributed by atoms with Gasteiger partial charge < -0.3 is 19.2 Å². The second kappa shape index (κ2) is 9.09. The van der Waals surface area contributed by atoms with E-state index >= 15 is 0 Å². The smallest absolute Gasteiger partial charge is 0.295 e. The molecule has 1 unspecified atom stereocenters. The number of ether oxygens (including phenoxy) is 1. The van der Waals surface area contributed by atoms with E-state index in [1.807, 2.05) is 32.9 Å². The third-order valence-electron chi connectivity index (χ3n) is 4.98. The monoisotopic (exact) mass is 397 g/mol. The number of carbonyl (C=O) groups is 2. The first kappa shape index (κ1) is 20.9. The van der Waals surface area contributed by atoms with Crippen molar-refractivity contribution in [1.82, 2.24) is 4.90 Å². The predicted molar refractivity (Wildman–Crippen MR) is 109 cm³/mol. The molecule has 1 fully saturated rings. The van der Waals surface area contributed by atoms with Gasteiger partial charge >= 0.3 is 0 Å². The van der Waals surface area contributed by atoms with Gasteiger partial charge in [0.25, 0.3) is 11.7 Å². The van der Waals surface area contributed by atoms with Crippen LogP contribution in [0.4, 0.5) is 0 Å². The van der Waals surface area contributed by atoms with Crippen molar-refractivity contribution in [3.63, 3.8) is 0 Å². The summed E-state index contributed by atoms with van der Waals surface area (Å²) < 4.78 is 11.1. The summed E-state index contributed by atoms with van der Waals surface area (Å²) in [6.07, 6.45) is 3.04. The predicted octanol–water partition coefficient (Wildman–Crippen LogP) is 4.08. The van der Waals surface area contributed by atoms with Gasteiger partial charge in [-0.3, -0.25) is 9.59 Å². The maximum atomic E-state index is 12.8. The molecule has 2 heterocycles. The van der Waals surface area contributed by atoms with Crippen LogP contribution in [0.5, 0.6) is 0 Å². The number of aliphatic hydroxyl groups excluding tert-OH is 1. The Morgan fingerprint density at radius 3 is 2.52 bits per heavy atom. The maximum Gasteiger partial charge on any atom is 0.295 e. The molecule has 0 saturated carbocycles. The van der Waals surface area contributed by atoms with E-state index in [1.54, 1.807) is 24.3 Å². The first-order chi connectivity index (χ1) is 13.9. The van der Waals surface area contributed by atoms with Gasteiger partial charge in [-0.1, -0.05) is 31.2 Å². The van der Waals surface area contributed by atoms with Crippen molar-refractivity contribution in [3.8, 4) is 0 Å². The number of likely N-dealkylation sites (tertiary alicyclic amines) is 1. The molecular weight excluding hydrogens is 370 g/mol. The van der Waals surface area contributed by atoms with Gasteiger partial charge in [-0.2, -0.15) is 0 Å². The summed E-state index contributed by atoms with van der Waals surface area (Å²) >= 11 is 0. The number of benzene rings is 1. The first-order valence-electron chi connectivity index (χ1n) is 9.96. The van der Waals surface area contributed by atoms with Gasteiger partial charge in [0, 0.05) is 18.7 Å². The minimum Gasteiger partial charge on any atom is -0.507 e. The summed E-state index contributed by atoms with van der Waals surface area (Å²) in [5.41, 5.74) is 1.67. The van der Waals surface area contributed by atoms with E-state index in [4.69, 9.17) is 9.15 Å². The zero-order valence-corrected chi connectivity index (χ0v) is 17.1. The number of hydrogen-bond donors (Lipinski definition) is 1. The quantitative estimate of drug-likeness (QED) is 0.314. The van der Waals surface area contributed by atoms with Crippen LogP contribution in [0.2, 0.25) is 0 Å². The Bertz CT molecular complexity index is 881. The molecule has 6 heteroatoms. The topological polar surface area (TPSA) is 80.0 Å². The minimum atomic E-state index is -0.755. The van der Waals surface area contributed by atoms with E-state index in [1.165, 1.54) is 11.2 Å². The molecular formula is C23H27NO5.